The van der Waals surface area contributed by atoms with Crippen molar-refractivity contribution in [3.05, 3.63) is 105 Å². The standard InChI is InChI=1S/C47H62F4O4P2/c1-15-43(7,8)35-27-37(45(11,12)17-3)41(54-56-52-33-23-19-31(20-24-33)47(49,50)51)39(29(35)5)40-30(6)36(44(9,10)16-2)28-38(46(13,14)18-4)42(40)55-57-53-34-25-21-32(48)22-26-34/h19-28,56-57H,15-18H2,1-14H3. The first-order valence-electron chi connectivity index (χ1n) is 19.9. The van der Waals surface area contributed by atoms with Gasteiger partial charge in [0.1, 0.15) is 28.8 Å². The van der Waals surface area contributed by atoms with E-state index in [0.717, 1.165) is 71.2 Å². The average Bonchev–Trinajstić information content (AvgIpc) is 3.15. The van der Waals surface area contributed by atoms with Crippen LogP contribution in [-0.4, -0.2) is 0 Å². The molecule has 4 aromatic rings. The molecule has 4 aromatic carbocycles. The molecule has 0 N–H and O–H groups in total. The Labute approximate surface area is 342 Å². The molecular weight excluding hydrogens is 766 g/mol. The highest BCUT2D eigenvalue weighted by molar-refractivity contribution is 7.27. The Kier molecular flexibility index (Phi) is 14.5. The Balaban J connectivity index is 2.12. The normalized spacial score (nSPS) is 13.2. The second kappa shape index (κ2) is 17.9. The van der Waals surface area contributed by atoms with Crippen molar-refractivity contribution in [2.24, 2.45) is 0 Å². The minimum absolute atomic E-state index is 0.197. The summed E-state index contributed by atoms with van der Waals surface area (Å²) in [6.45, 7) is 31.0. The monoisotopic (exact) mass is 828 g/mol. The van der Waals surface area contributed by atoms with Gasteiger partial charge in [0.25, 0.3) is 18.1 Å². The fraction of sp³-hybridized carbons (Fsp3) is 0.489. The maximum absolute atomic E-state index is 13.8. The molecule has 10 heteroatoms. The van der Waals surface area contributed by atoms with E-state index in [1.807, 2.05) is 0 Å². The van der Waals surface area contributed by atoms with Gasteiger partial charge in [-0.05, 0) is 132 Å². The molecule has 4 rings (SSSR count). The smallest absolute Gasteiger partial charge is 0.416 e. The van der Waals surface area contributed by atoms with Crippen LogP contribution in [0.25, 0.3) is 11.1 Å². The molecule has 2 unspecified atom stereocenters. The second-order valence-corrected chi connectivity index (χ2v) is 18.8. The van der Waals surface area contributed by atoms with Gasteiger partial charge >= 0.3 is 6.18 Å². The largest absolute Gasteiger partial charge is 0.441 e. The lowest BCUT2D eigenvalue weighted by Gasteiger charge is -2.37. The van der Waals surface area contributed by atoms with Crippen molar-refractivity contribution >= 4 is 18.1 Å². The summed E-state index contributed by atoms with van der Waals surface area (Å²) in [6, 6.07) is 15.2. The van der Waals surface area contributed by atoms with Crippen LogP contribution in [0, 0.1) is 19.7 Å². The topological polar surface area (TPSA) is 36.9 Å². The Bertz CT molecular complexity index is 2000. The van der Waals surface area contributed by atoms with E-state index in [1.54, 1.807) is 12.1 Å². The summed E-state index contributed by atoms with van der Waals surface area (Å²) < 4.78 is 79.8. The fourth-order valence-corrected chi connectivity index (χ4v) is 8.08. The first-order chi connectivity index (χ1) is 26.5. The Hall–Kier alpha value is -3.34. The molecule has 0 aliphatic heterocycles. The molecule has 312 valence electrons. The first kappa shape index (κ1) is 46.4. The highest BCUT2D eigenvalue weighted by Crippen LogP contribution is 2.55. The molecule has 0 radical (unpaired) electrons. The van der Waals surface area contributed by atoms with Gasteiger partial charge < -0.3 is 18.1 Å². The van der Waals surface area contributed by atoms with Gasteiger partial charge in [-0.25, -0.2) is 4.39 Å². The second-order valence-electron chi connectivity index (χ2n) is 17.6. The van der Waals surface area contributed by atoms with Crippen molar-refractivity contribution in [3.63, 3.8) is 0 Å². The van der Waals surface area contributed by atoms with Crippen LogP contribution in [0.5, 0.6) is 23.0 Å². The molecule has 4 nitrogen and oxygen atoms in total. The summed E-state index contributed by atoms with van der Waals surface area (Å²) >= 11 is 0. The molecule has 57 heavy (non-hydrogen) atoms. The van der Waals surface area contributed by atoms with E-state index in [9.17, 15) is 17.6 Å². The van der Waals surface area contributed by atoms with E-state index in [2.05, 4.69) is 109 Å². The molecule has 0 saturated carbocycles. The van der Waals surface area contributed by atoms with Gasteiger partial charge in [0.15, 0.2) is 0 Å². The van der Waals surface area contributed by atoms with Crippen molar-refractivity contribution in [3.8, 4) is 34.1 Å². The molecule has 0 aliphatic rings. The van der Waals surface area contributed by atoms with E-state index in [1.165, 1.54) is 35.4 Å². The Morgan fingerprint density at radius 3 is 1.11 bits per heavy atom. The van der Waals surface area contributed by atoms with Gasteiger partial charge in [-0.3, -0.25) is 0 Å². The summed E-state index contributed by atoms with van der Waals surface area (Å²) in [5.74, 6) is 1.77. The van der Waals surface area contributed by atoms with E-state index >= 15 is 0 Å². The van der Waals surface area contributed by atoms with Crippen LogP contribution in [0.3, 0.4) is 0 Å². The summed E-state index contributed by atoms with van der Waals surface area (Å²) in [6.07, 6.45) is -1.01. The lowest BCUT2D eigenvalue weighted by Crippen LogP contribution is -2.25. The van der Waals surface area contributed by atoms with Gasteiger partial charge in [-0.15, -0.1) is 0 Å². The zero-order valence-electron chi connectivity index (χ0n) is 36.2. The number of halogens is 4. The van der Waals surface area contributed by atoms with Crippen LogP contribution in [0.2, 0.25) is 0 Å². The highest BCUT2D eigenvalue weighted by Gasteiger charge is 2.38. The molecule has 0 saturated heterocycles. The van der Waals surface area contributed by atoms with Crippen molar-refractivity contribution < 1.29 is 35.7 Å². The van der Waals surface area contributed by atoms with Gasteiger partial charge in [0.05, 0.1) is 5.56 Å². The SMILES string of the molecule is CCC(C)(C)c1cc(C(C)(C)CC)c(OPOc2ccc(F)cc2)c(-c2c(C)c(C(C)(C)CC)cc(C(C)(C)CC)c2OPOc2ccc(C(F)(F)F)cc2)c1C. The number of benzene rings is 4. The lowest BCUT2D eigenvalue weighted by molar-refractivity contribution is -0.137. The fourth-order valence-electron chi connectivity index (χ4n) is 6.94. The number of rotatable bonds is 17. The lowest BCUT2D eigenvalue weighted by atomic mass is 9.69. The molecule has 0 fully saturated rings. The molecule has 0 bridgehead atoms. The minimum Gasteiger partial charge on any atom is -0.441 e. The van der Waals surface area contributed by atoms with Crippen molar-refractivity contribution in [1.29, 1.82) is 0 Å². The van der Waals surface area contributed by atoms with Crippen molar-refractivity contribution in [1.82, 2.24) is 0 Å². The van der Waals surface area contributed by atoms with E-state index in [0.29, 0.717) is 17.2 Å². The van der Waals surface area contributed by atoms with E-state index in [-0.39, 0.29) is 33.2 Å². The zero-order valence-corrected chi connectivity index (χ0v) is 38.2. The third kappa shape index (κ3) is 10.3. The van der Waals surface area contributed by atoms with Crippen LogP contribution in [-0.2, 0) is 27.8 Å². The van der Waals surface area contributed by atoms with Crippen LogP contribution in [0.15, 0.2) is 60.7 Å². The summed E-state index contributed by atoms with van der Waals surface area (Å²) in [5, 5.41) is 0. The Morgan fingerprint density at radius 1 is 0.474 bits per heavy atom. The van der Waals surface area contributed by atoms with Gasteiger partial charge in [-0.1, -0.05) is 95.2 Å². The van der Waals surface area contributed by atoms with Crippen LogP contribution < -0.4 is 18.1 Å². The van der Waals surface area contributed by atoms with Gasteiger partial charge in [0, 0.05) is 22.3 Å². The maximum Gasteiger partial charge on any atom is 0.416 e. The molecule has 0 spiro atoms. The van der Waals surface area contributed by atoms with Crippen molar-refractivity contribution in [2.75, 3.05) is 0 Å². The molecule has 0 heterocycles. The number of hydrogen-bond acceptors (Lipinski definition) is 4. The van der Waals surface area contributed by atoms with E-state index < -0.39 is 29.8 Å². The van der Waals surface area contributed by atoms with E-state index in [4.69, 9.17) is 18.1 Å². The summed E-state index contributed by atoms with van der Waals surface area (Å²) in [4.78, 5) is 0. The Morgan fingerprint density at radius 2 is 0.789 bits per heavy atom. The van der Waals surface area contributed by atoms with Crippen LogP contribution in [0.4, 0.5) is 17.6 Å². The quantitative estimate of drug-likeness (QED) is 0.0785. The van der Waals surface area contributed by atoms with Crippen LogP contribution in [0.1, 0.15) is 148 Å². The predicted octanol–water partition coefficient (Wildman–Crippen LogP) is 15.8. The summed E-state index contributed by atoms with van der Waals surface area (Å²) in [7, 11) is -1.00. The molecule has 2 atom stereocenters. The number of alkyl halides is 3. The molecule has 0 aliphatic carbocycles. The molecule has 0 aromatic heterocycles. The predicted molar refractivity (Wildman–Crippen MR) is 232 cm³/mol. The van der Waals surface area contributed by atoms with Crippen molar-refractivity contribution in [2.45, 2.75) is 150 Å². The third-order valence-electron chi connectivity index (χ3n) is 12.4. The highest BCUT2D eigenvalue weighted by atomic mass is 31.1. The zero-order chi connectivity index (χ0) is 42.7. The molecule has 0 amide bonds. The van der Waals surface area contributed by atoms with Gasteiger partial charge in [0.2, 0.25) is 0 Å². The molecular formula is C47H62F4O4P2. The first-order valence-corrected chi connectivity index (χ1v) is 21.6. The third-order valence-corrected chi connectivity index (χ3v) is 13.6. The van der Waals surface area contributed by atoms with Crippen LogP contribution >= 0.6 is 18.1 Å². The average molecular weight is 829 g/mol. The van der Waals surface area contributed by atoms with Gasteiger partial charge in [-0.2, -0.15) is 13.2 Å². The minimum atomic E-state index is -4.45. The number of hydrogen-bond donors (Lipinski definition) is 0. The maximum atomic E-state index is 13.8. The summed E-state index contributed by atoms with van der Waals surface area (Å²) in [5.41, 5.74) is 6.57.